The molecule has 0 heterocycles. The van der Waals surface area contributed by atoms with Gasteiger partial charge in [-0.3, -0.25) is 4.99 Å². The molecule has 0 saturated carbocycles. The van der Waals surface area contributed by atoms with E-state index in [1.54, 1.807) is 14.2 Å². The van der Waals surface area contributed by atoms with Crippen molar-refractivity contribution in [2.75, 3.05) is 37.9 Å². The molecule has 0 spiro atoms. The molecule has 0 radical (unpaired) electrons. The van der Waals surface area contributed by atoms with Crippen LogP contribution in [0.3, 0.4) is 0 Å². The third kappa shape index (κ3) is 5.39. The molecule has 0 unspecified atom stereocenters. The first-order valence-corrected chi connectivity index (χ1v) is 7.81. The molecule has 0 bridgehead atoms. The number of benzene rings is 2. The summed E-state index contributed by atoms with van der Waals surface area (Å²) in [6.07, 6.45) is 0.892. The molecule has 128 valence electrons. The molecule has 0 atom stereocenters. The Kier molecular flexibility index (Phi) is 6.76. The van der Waals surface area contributed by atoms with Gasteiger partial charge < -0.3 is 25.8 Å². The Morgan fingerprint density at radius 3 is 2.46 bits per heavy atom. The van der Waals surface area contributed by atoms with E-state index < -0.39 is 0 Å². The number of anilines is 2. The van der Waals surface area contributed by atoms with E-state index in [0.29, 0.717) is 24.0 Å². The average molecular weight is 328 g/mol. The lowest BCUT2D eigenvalue weighted by Crippen LogP contribution is -2.23. The summed E-state index contributed by atoms with van der Waals surface area (Å²) in [5, 5.41) is 6.38. The highest BCUT2D eigenvalue weighted by Crippen LogP contribution is 2.29. The van der Waals surface area contributed by atoms with E-state index in [4.69, 9.17) is 15.2 Å². The normalized spacial score (nSPS) is 11.0. The molecule has 0 saturated heterocycles. The van der Waals surface area contributed by atoms with Gasteiger partial charge in [0, 0.05) is 30.5 Å². The zero-order valence-corrected chi connectivity index (χ0v) is 14.1. The molecule has 0 aromatic heterocycles. The van der Waals surface area contributed by atoms with E-state index in [9.17, 15) is 0 Å². The number of ether oxygens (including phenoxy) is 2. The second-order valence-corrected chi connectivity index (χ2v) is 5.11. The van der Waals surface area contributed by atoms with E-state index in [2.05, 4.69) is 15.6 Å². The summed E-state index contributed by atoms with van der Waals surface area (Å²) in [6.45, 7) is 1.49. The molecule has 2 rings (SSSR count). The Hall–Kier alpha value is -2.89. The van der Waals surface area contributed by atoms with Crippen molar-refractivity contribution in [1.29, 1.82) is 0 Å². The van der Waals surface area contributed by atoms with Crippen molar-refractivity contribution in [2.45, 2.75) is 6.42 Å². The first-order valence-electron chi connectivity index (χ1n) is 7.81. The fourth-order valence-electron chi connectivity index (χ4n) is 2.17. The number of nitrogens with zero attached hydrogens (tertiary/aromatic N) is 1. The predicted octanol–water partition coefficient (Wildman–Crippen LogP) is 2.93. The summed E-state index contributed by atoms with van der Waals surface area (Å²) in [4.78, 5) is 4.32. The Bertz CT molecular complexity index is 659. The molecule has 0 aliphatic carbocycles. The van der Waals surface area contributed by atoms with Gasteiger partial charge >= 0.3 is 0 Å². The van der Waals surface area contributed by atoms with Crippen LogP contribution in [-0.2, 0) is 0 Å². The summed E-state index contributed by atoms with van der Waals surface area (Å²) in [7, 11) is 3.20. The number of hydrogen-bond donors (Lipinski definition) is 3. The largest absolute Gasteiger partial charge is 0.493 e. The van der Waals surface area contributed by atoms with Crippen molar-refractivity contribution in [3.63, 3.8) is 0 Å². The van der Waals surface area contributed by atoms with Crippen LogP contribution in [0.15, 0.2) is 53.5 Å². The first-order chi connectivity index (χ1) is 11.7. The Morgan fingerprint density at radius 1 is 1.00 bits per heavy atom. The van der Waals surface area contributed by atoms with Gasteiger partial charge in [0.15, 0.2) is 17.5 Å². The molecule has 2 aromatic carbocycles. The number of aliphatic imine (C=N–C) groups is 1. The zero-order valence-electron chi connectivity index (χ0n) is 14.1. The quantitative estimate of drug-likeness (QED) is 0.394. The number of para-hydroxylation sites is 1. The summed E-state index contributed by atoms with van der Waals surface area (Å²) in [5.74, 6) is 1.69. The standard InChI is InChI=1S/C18H24N4O2/c1-23-16-10-9-15(13-17(16)24-2)22-18(19)21-12-6-11-20-14-7-4-3-5-8-14/h3-5,7-10,13,20H,6,11-12H2,1-2H3,(H3,19,21,22). The fourth-order valence-corrected chi connectivity index (χ4v) is 2.17. The number of rotatable bonds is 8. The van der Waals surface area contributed by atoms with Crippen LogP contribution < -0.4 is 25.8 Å². The second-order valence-electron chi connectivity index (χ2n) is 5.11. The molecule has 0 aliphatic rings. The number of methoxy groups -OCH3 is 2. The Morgan fingerprint density at radius 2 is 1.75 bits per heavy atom. The minimum absolute atomic E-state index is 0.377. The van der Waals surface area contributed by atoms with Crippen LogP contribution in [0.2, 0.25) is 0 Å². The van der Waals surface area contributed by atoms with Gasteiger partial charge in [-0.15, -0.1) is 0 Å². The molecule has 0 aliphatic heterocycles. The average Bonchev–Trinajstić information content (AvgIpc) is 2.62. The number of nitrogens with two attached hydrogens (primary N) is 1. The van der Waals surface area contributed by atoms with E-state index in [1.165, 1.54) is 0 Å². The summed E-state index contributed by atoms with van der Waals surface area (Å²) in [5.41, 5.74) is 7.82. The summed E-state index contributed by atoms with van der Waals surface area (Å²) in [6, 6.07) is 15.6. The Labute approximate surface area is 142 Å². The summed E-state index contributed by atoms with van der Waals surface area (Å²) >= 11 is 0. The maximum atomic E-state index is 5.91. The molecular weight excluding hydrogens is 304 g/mol. The third-order valence-electron chi connectivity index (χ3n) is 3.38. The van der Waals surface area contributed by atoms with Gasteiger partial charge in [0.25, 0.3) is 0 Å². The molecular formula is C18H24N4O2. The predicted molar refractivity (Wildman–Crippen MR) is 99.2 cm³/mol. The van der Waals surface area contributed by atoms with Crippen LogP contribution in [0.1, 0.15) is 6.42 Å². The minimum atomic E-state index is 0.377. The van der Waals surface area contributed by atoms with Crippen molar-refractivity contribution in [3.05, 3.63) is 48.5 Å². The van der Waals surface area contributed by atoms with E-state index in [0.717, 1.165) is 24.3 Å². The molecule has 6 heteroatoms. The van der Waals surface area contributed by atoms with Crippen molar-refractivity contribution >= 4 is 17.3 Å². The topological polar surface area (TPSA) is 80.9 Å². The van der Waals surface area contributed by atoms with Crippen LogP contribution in [0.25, 0.3) is 0 Å². The van der Waals surface area contributed by atoms with E-state index >= 15 is 0 Å². The smallest absolute Gasteiger partial charge is 0.193 e. The monoisotopic (exact) mass is 328 g/mol. The van der Waals surface area contributed by atoms with Gasteiger partial charge in [-0.2, -0.15) is 0 Å². The second kappa shape index (κ2) is 9.29. The van der Waals surface area contributed by atoms with Gasteiger partial charge in [0.1, 0.15) is 0 Å². The van der Waals surface area contributed by atoms with Crippen molar-refractivity contribution < 1.29 is 9.47 Å². The molecule has 2 aromatic rings. The van der Waals surface area contributed by atoms with Crippen LogP contribution in [0, 0.1) is 0 Å². The van der Waals surface area contributed by atoms with E-state index in [1.807, 2.05) is 48.5 Å². The SMILES string of the molecule is COc1ccc(NC(N)=NCCCNc2ccccc2)cc1OC. The van der Waals surface area contributed by atoms with Crippen LogP contribution in [-0.4, -0.2) is 33.3 Å². The lowest BCUT2D eigenvalue weighted by molar-refractivity contribution is 0.355. The molecule has 0 amide bonds. The van der Waals surface area contributed by atoms with Gasteiger partial charge in [0.2, 0.25) is 0 Å². The van der Waals surface area contributed by atoms with Crippen molar-refractivity contribution in [1.82, 2.24) is 0 Å². The lowest BCUT2D eigenvalue weighted by Gasteiger charge is -2.11. The number of guanidine groups is 1. The Balaban J connectivity index is 1.77. The first kappa shape index (κ1) is 17.5. The number of nitrogens with one attached hydrogen (secondary N) is 2. The van der Waals surface area contributed by atoms with Gasteiger partial charge in [0.05, 0.1) is 14.2 Å². The van der Waals surface area contributed by atoms with E-state index in [-0.39, 0.29) is 0 Å². The van der Waals surface area contributed by atoms with Crippen LogP contribution >= 0.6 is 0 Å². The van der Waals surface area contributed by atoms with Crippen LogP contribution in [0.4, 0.5) is 11.4 Å². The molecule has 4 N–H and O–H groups in total. The maximum absolute atomic E-state index is 5.91. The highest BCUT2D eigenvalue weighted by molar-refractivity contribution is 5.92. The highest BCUT2D eigenvalue weighted by atomic mass is 16.5. The summed E-state index contributed by atoms with van der Waals surface area (Å²) < 4.78 is 10.5. The minimum Gasteiger partial charge on any atom is -0.493 e. The van der Waals surface area contributed by atoms with Gasteiger partial charge in [-0.05, 0) is 30.7 Å². The zero-order chi connectivity index (χ0) is 17.2. The number of hydrogen-bond acceptors (Lipinski definition) is 4. The lowest BCUT2D eigenvalue weighted by atomic mass is 10.3. The molecule has 24 heavy (non-hydrogen) atoms. The molecule has 6 nitrogen and oxygen atoms in total. The van der Waals surface area contributed by atoms with Crippen molar-refractivity contribution in [3.8, 4) is 11.5 Å². The van der Waals surface area contributed by atoms with Crippen molar-refractivity contribution in [2.24, 2.45) is 10.7 Å². The fraction of sp³-hybridized carbons (Fsp3) is 0.278. The van der Waals surface area contributed by atoms with Gasteiger partial charge in [-0.1, -0.05) is 18.2 Å². The van der Waals surface area contributed by atoms with Crippen LogP contribution in [0.5, 0.6) is 11.5 Å². The molecule has 0 fully saturated rings. The maximum Gasteiger partial charge on any atom is 0.193 e. The highest BCUT2D eigenvalue weighted by Gasteiger charge is 2.04. The third-order valence-corrected chi connectivity index (χ3v) is 3.38. The van der Waals surface area contributed by atoms with Gasteiger partial charge in [-0.25, -0.2) is 0 Å².